The number of rotatable bonds is 7. The van der Waals surface area contributed by atoms with E-state index in [4.69, 9.17) is 0 Å². The van der Waals surface area contributed by atoms with Crippen LogP contribution in [0, 0.1) is 5.92 Å². The summed E-state index contributed by atoms with van der Waals surface area (Å²) in [7, 11) is 0. The summed E-state index contributed by atoms with van der Waals surface area (Å²) in [6.07, 6.45) is 8.36. The highest BCUT2D eigenvalue weighted by molar-refractivity contribution is 5.97. The summed E-state index contributed by atoms with van der Waals surface area (Å²) < 4.78 is 0. The number of amides is 3. The Morgan fingerprint density at radius 2 is 1.71 bits per heavy atom. The van der Waals surface area contributed by atoms with E-state index >= 15 is 0 Å². The molecule has 0 atom stereocenters. The Bertz CT molecular complexity index is 870. The van der Waals surface area contributed by atoms with E-state index in [0.717, 1.165) is 63.1 Å². The quantitative estimate of drug-likeness (QED) is 0.629. The van der Waals surface area contributed by atoms with Gasteiger partial charge in [0.25, 0.3) is 5.91 Å². The molecule has 0 spiro atoms. The number of anilines is 1. The van der Waals surface area contributed by atoms with E-state index in [9.17, 15) is 14.4 Å². The van der Waals surface area contributed by atoms with Crippen molar-refractivity contribution in [3.8, 4) is 0 Å². The van der Waals surface area contributed by atoms with Crippen LogP contribution in [-0.4, -0.2) is 66.8 Å². The lowest BCUT2D eigenvalue weighted by Gasteiger charge is -2.29. The molecule has 2 heterocycles. The molecule has 3 amide bonds. The lowest BCUT2D eigenvalue weighted by atomic mass is 10.0. The van der Waals surface area contributed by atoms with Gasteiger partial charge in [-0.05, 0) is 68.5 Å². The second-order valence-electron chi connectivity index (χ2n) is 10.5. The molecule has 2 aliphatic rings. The molecule has 0 bridgehead atoms. The summed E-state index contributed by atoms with van der Waals surface area (Å²) in [5, 5.41) is 2.98. The summed E-state index contributed by atoms with van der Waals surface area (Å²) in [4.78, 5) is 43.6. The lowest BCUT2D eigenvalue weighted by molar-refractivity contribution is -0.127. The minimum absolute atomic E-state index is 0.0459. The number of carbonyl (C=O) groups is 3. The third kappa shape index (κ3) is 8.34. The number of hydrogen-bond acceptors (Lipinski definition) is 4. The third-order valence-electron chi connectivity index (χ3n) is 7.12. The minimum atomic E-state index is -0.131. The molecule has 35 heavy (non-hydrogen) atoms. The Morgan fingerprint density at radius 3 is 2.40 bits per heavy atom. The molecule has 0 radical (unpaired) electrons. The van der Waals surface area contributed by atoms with E-state index in [1.54, 1.807) is 6.92 Å². The molecular weight excluding hydrogens is 440 g/mol. The summed E-state index contributed by atoms with van der Waals surface area (Å²) in [5.74, 6) is 0.715. The Kier molecular flexibility index (Phi) is 10.6. The molecule has 3 rings (SSSR count). The minimum Gasteiger partial charge on any atom is -0.350 e. The summed E-state index contributed by atoms with van der Waals surface area (Å²) >= 11 is 0. The fraction of sp³-hybridized carbons (Fsp3) is 0.679. The molecule has 0 aromatic heterocycles. The molecule has 1 aromatic rings. The highest BCUT2D eigenvalue weighted by Crippen LogP contribution is 2.26. The molecule has 7 nitrogen and oxygen atoms in total. The van der Waals surface area contributed by atoms with Gasteiger partial charge in [-0.2, -0.15) is 0 Å². The van der Waals surface area contributed by atoms with Gasteiger partial charge in [0.05, 0.1) is 0 Å². The average Bonchev–Trinajstić information content (AvgIpc) is 3.22. The van der Waals surface area contributed by atoms with E-state index in [-0.39, 0.29) is 17.7 Å². The highest BCUT2D eigenvalue weighted by atomic mass is 16.2. The lowest BCUT2D eigenvalue weighted by Crippen LogP contribution is -2.36. The molecular formula is C28H44N4O3. The maximum atomic E-state index is 13.0. The van der Waals surface area contributed by atoms with E-state index in [0.29, 0.717) is 37.5 Å². The molecule has 194 valence electrons. The Balaban J connectivity index is 1.80. The maximum Gasteiger partial charge on any atom is 0.251 e. The second-order valence-corrected chi connectivity index (χ2v) is 10.5. The standard InChI is InChI=1S/C28H44N4O3/c1-22(2)13-18-30-15-7-5-4-6-8-17-32(23(3)33)26-12-11-24(20-25(26)21-30)28(35)29-14-19-31-16-9-10-27(31)34/h11-12,20,22H,4-10,13-19,21H2,1-3H3,(H,29,35). The van der Waals surface area contributed by atoms with Crippen molar-refractivity contribution in [1.82, 2.24) is 15.1 Å². The predicted molar refractivity (Wildman–Crippen MR) is 140 cm³/mol. The first-order valence-corrected chi connectivity index (χ1v) is 13.5. The molecule has 1 N–H and O–H groups in total. The van der Waals surface area contributed by atoms with Gasteiger partial charge in [0.2, 0.25) is 11.8 Å². The zero-order valence-electron chi connectivity index (χ0n) is 22.0. The number of likely N-dealkylation sites (tertiary alicyclic amines) is 1. The van der Waals surface area contributed by atoms with Crippen LogP contribution in [0.25, 0.3) is 0 Å². The number of fused-ring (bicyclic) bond motifs is 1. The van der Waals surface area contributed by atoms with Gasteiger partial charge in [0.1, 0.15) is 0 Å². The van der Waals surface area contributed by atoms with Crippen molar-refractivity contribution in [1.29, 1.82) is 0 Å². The first kappa shape index (κ1) is 27.2. The van der Waals surface area contributed by atoms with Gasteiger partial charge in [-0.25, -0.2) is 0 Å². The fourth-order valence-corrected chi connectivity index (χ4v) is 5.00. The largest absolute Gasteiger partial charge is 0.350 e. The van der Waals surface area contributed by atoms with Crippen LogP contribution in [0.3, 0.4) is 0 Å². The summed E-state index contributed by atoms with van der Waals surface area (Å²) in [5.41, 5.74) is 2.56. The van der Waals surface area contributed by atoms with Gasteiger partial charge in [-0.1, -0.05) is 33.1 Å². The monoisotopic (exact) mass is 484 g/mol. The van der Waals surface area contributed by atoms with E-state index in [2.05, 4.69) is 24.1 Å². The number of benzene rings is 1. The van der Waals surface area contributed by atoms with E-state index in [1.807, 2.05) is 28.0 Å². The van der Waals surface area contributed by atoms with Crippen LogP contribution >= 0.6 is 0 Å². The zero-order chi connectivity index (χ0) is 25.2. The van der Waals surface area contributed by atoms with Crippen LogP contribution < -0.4 is 10.2 Å². The Labute approximate surface area is 211 Å². The van der Waals surface area contributed by atoms with Crippen molar-refractivity contribution in [2.45, 2.75) is 78.7 Å². The number of nitrogens with one attached hydrogen (secondary N) is 1. The van der Waals surface area contributed by atoms with Gasteiger partial charge in [-0.3, -0.25) is 19.3 Å². The molecule has 1 fully saturated rings. The fourth-order valence-electron chi connectivity index (χ4n) is 5.00. The van der Waals surface area contributed by atoms with Crippen molar-refractivity contribution < 1.29 is 14.4 Å². The van der Waals surface area contributed by atoms with Gasteiger partial charge in [0, 0.05) is 57.3 Å². The van der Waals surface area contributed by atoms with E-state index in [1.165, 1.54) is 19.3 Å². The predicted octanol–water partition coefficient (Wildman–Crippen LogP) is 4.20. The summed E-state index contributed by atoms with van der Waals surface area (Å²) in [6.45, 7) is 11.4. The highest BCUT2D eigenvalue weighted by Gasteiger charge is 2.21. The first-order chi connectivity index (χ1) is 16.8. The van der Waals surface area contributed by atoms with Crippen LogP contribution in [0.2, 0.25) is 0 Å². The van der Waals surface area contributed by atoms with E-state index < -0.39 is 0 Å². The third-order valence-corrected chi connectivity index (χ3v) is 7.12. The normalized spacial score (nSPS) is 18.2. The van der Waals surface area contributed by atoms with Gasteiger partial charge >= 0.3 is 0 Å². The van der Waals surface area contributed by atoms with Gasteiger partial charge < -0.3 is 15.1 Å². The van der Waals surface area contributed by atoms with Crippen LogP contribution in [0.4, 0.5) is 5.69 Å². The Morgan fingerprint density at radius 1 is 0.971 bits per heavy atom. The van der Waals surface area contributed by atoms with Crippen LogP contribution in [0.5, 0.6) is 0 Å². The molecule has 0 unspecified atom stereocenters. The second kappa shape index (κ2) is 13.6. The average molecular weight is 485 g/mol. The SMILES string of the molecule is CC(=O)N1CCCCCCCN(CCC(C)C)Cc2cc(C(=O)NCCN3CCCC3=O)ccc21. The van der Waals surface area contributed by atoms with Crippen molar-refractivity contribution >= 4 is 23.4 Å². The number of carbonyl (C=O) groups excluding carboxylic acids is 3. The maximum absolute atomic E-state index is 13.0. The zero-order valence-corrected chi connectivity index (χ0v) is 22.0. The van der Waals surface area contributed by atoms with Gasteiger partial charge in [-0.15, -0.1) is 0 Å². The number of nitrogens with zero attached hydrogens (tertiary/aromatic N) is 3. The van der Waals surface area contributed by atoms with Crippen molar-refractivity contribution in [2.24, 2.45) is 5.92 Å². The van der Waals surface area contributed by atoms with Crippen molar-refractivity contribution in [3.63, 3.8) is 0 Å². The molecule has 7 heteroatoms. The van der Waals surface area contributed by atoms with Crippen molar-refractivity contribution in [3.05, 3.63) is 29.3 Å². The van der Waals surface area contributed by atoms with Crippen LogP contribution in [-0.2, 0) is 16.1 Å². The summed E-state index contributed by atoms with van der Waals surface area (Å²) in [6, 6.07) is 5.74. The Hall–Kier alpha value is -2.41. The molecule has 0 aliphatic carbocycles. The van der Waals surface area contributed by atoms with Crippen LogP contribution in [0.1, 0.15) is 88.1 Å². The van der Waals surface area contributed by atoms with Gasteiger partial charge in [0.15, 0.2) is 0 Å². The first-order valence-electron chi connectivity index (χ1n) is 13.5. The molecule has 1 saturated heterocycles. The smallest absolute Gasteiger partial charge is 0.251 e. The molecule has 0 saturated carbocycles. The van der Waals surface area contributed by atoms with Crippen LogP contribution in [0.15, 0.2) is 18.2 Å². The number of hydrogen-bond donors (Lipinski definition) is 1. The van der Waals surface area contributed by atoms with Crippen molar-refractivity contribution in [2.75, 3.05) is 44.2 Å². The molecule has 2 aliphatic heterocycles. The topological polar surface area (TPSA) is 73.0 Å². The molecule has 1 aromatic carbocycles.